The third-order valence-electron chi connectivity index (χ3n) is 4.57. The molecule has 0 radical (unpaired) electrons. The molecule has 1 fully saturated rings. The summed E-state index contributed by atoms with van der Waals surface area (Å²) in [6, 6.07) is 0.650. The minimum Gasteiger partial charge on any atom is -0.349 e. The van der Waals surface area contributed by atoms with Crippen molar-refractivity contribution in [2.75, 3.05) is 0 Å². The first-order valence-corrected chi connectivity index (χ1v) is 8.28. The summed E-state index contributed by atoms with van der Waals surface area (Å²) in [7, 11) is 0. The summed E-state index contributed by atoms with van der Waals surface area (Å²) < 4.78 is 77.5. The molecule has 1 aliphatic rings. The minimum absolute atomic E-state index is 0.0164. The number of halogens is 6. The van der Waals surface area contributed by atoms with E-state index in [9.17, 15) is 31.1 Å². The third-order valence-corrected chi connectivity index (χ3v) is 4.57. The zero-order valence-corrected chi connectivity index (χ0v) is 14.7. The number of alkyl halides is 6. The molecule has 2 rings (SSSR count). The molecule has 1 aromatic rings. The molecular weight excluding hydrogens is 360 g/mol. The van der Waals surface area contributed by atoms with Crippen molar-refractivity contribution in [2.45, 2.75) is 58.4 Å². The van der Waals surface area contributed by atoms with Crippen molar-refractivity contribution < 1.29 is 31.1 Å². The average Bonchev–Trinajstić information content (AvgIpc) is 2.42. The molecule has 0 bridgehead atoms. The molecule has 1 aliphatic carbocycles. The van der Waals surface area contributed by atoms with Gasteiger partial charge in [0, 0.05) is 11.6 Å². The fourth-order valence-corrected chi connectivity index (χ4v) is 3.81. The van der Waals surface area contributed by atoms with Crippen molar-refractivity contribution >= 4 is 5.91 Å². The summed E-state index contributed by atoms with van der Waals surface area (Å²) in [5, 5.41) is 2.60. The van der Waals surface area contributed by atoms with E-state index in [1.165, 1.54) is 0 Å². The van der Waals surface area contributed by atoms with Gasteiger partial charge in [0.1, 0.15) is 0 Å². The normalized spacial score (nSPS) is 23.6. The Kier molecular flexibility index (Phi) is 5.36. The molecule has 0 spiro atoms. The lowest BCUT2D eigenvalue weighted by molar-refractivity contribution is -0.143. The Labute approximate surface area is 148 Å². The van der Waals surface area contributed by atoms with Crippen LogP contribution in [0.25, 0.3) is 0 Å². The van der Waals surface area contributed by atoms with E-state index in [0.717, 1.165) is 6.42 Å². The van der Waals surface area contributed by atoms with Gasteiger partial charge in [-0.25, -0.2) is 0 Å². The highest BCUT2D eigenvalue weighted by Crippen LogP contribution is 2.39. The van der Waals surface area contributed by atoms with Gasteiger partial charge < -0.3 is 5.32 Å². The van der Waals surface area contributed by atoms with Gasteiger partial charge in [-0.05, 0) is 48.8 Å². The molecule has 2 atom stereocenters. The van der Waals surface area contributed by atoms with E-state index in [2.05, 4.69) is 5.32 Å². The fourth-order valence-electron chi connectivity index (χ4n) is 3.81. The predicted molar refractivity (Wildman–Crippen MR) is 84.5 cm³/mol. The van der Waals surface area contributed by atoms with Gasteiger partial charge in [-0.2, -0.15) is 26.3 Å². The molecule has 0 aliphatic heterocycles. The maximum Gasteiger partial charge on any atom is 0.416 e. The number of carbonyl (C=O) groups excluding carboxylic acids is 1. The van der Waals surface area contributed by atoms with Crippen LogP contribution < -0.4 is 5.32 Å². The molecule has 2 nitrogen and oxygen atoms in total. The van der Waals surface area contributed by atoms with Gasteiger partial charge in [0.15, 0.2) is 0 Å². The highest BCUT2D eigenvalue weighted by molar-refractivity contribution is 5.94. The van der Waals surface area contributed by atoms with Gasteiger partial charge >= 0.3 is 12.4 Å². The van der Waals surface area contributed by atoms with E-state index in [1.807, 2.05) is 20.8 Å². The van der Waals surface area contributed by atoms with Crippen LogP contribution in [0.2, 0.25) is 0 Å². The minimum atomic E-state index is -4.97. The Morgan fingerprint density at radius 3 is 1.92 bits per heavy atom. The van der Waals surface area contributed by atoms with Crippen molar-refractivity contribution in [3.05, 3.63) is 34.9 Å². The average molecular weight is 381 g/mol. The van der Waals surface area contributed by atoms with E-state index >= 15 is 0 Å². The lowest BCUT2D eigenvalue weighted by atomic mass is 9.70. The van der Waals surface area contributed by atoms with E-state index in [-0.39, 0.29) is 17.5 Å². The number of rotatable bonds is 2. The third kappa shape index (κ3) is 5.14. The lowest BCUT2D eigenvalue weighted by Gasteiger charge is -2.39. The molecule has 0 heterocycles. The van der Waals surface area contributed by atoms with Crippen LogP contribution in [0, 0.1) is 11.3 Å². The second kappa shape index (κ2) is 6.78. The van der Waals surface area contributed by atoms with Gasteiger partial charge in [-0.15, -0.1) is 0 Å². The summed E-state index contributed by atoms with van der Waals surface area (Å²) in [5.41, 5.74) is -3.67. The van der Waals surface area contributed by atoms with Crippen molar-refractivity contribution in [3.63, 3.8) is 0 Å². The van der Waals surface area contributed by atoms with Crippen molar-refractivity contribution in [1.29, 1.82) is 0 Å². The predicted octanol–water partition coefficient (Wildman–Crippen LogP) is 5.67. The second-order valence-corrected chi connectivity index (χ2v) is 7.88. The van der Waals surface area contributed by atoms with Crippen molar-refractivity contribution in [1.82, 2.24) is 5.32 Å². The maximum atomic E-state index is 12.9. The van der Waals surface area contributed by atoms with Gasteiger partial charge in [-0.1, -0.05) is 20.8 Å². The smallest absolute Gasteiger partial charge is 0.349 e. The number of hydrogen-bond acceptors (Lipinski definition) is 1. The van der Waals surface area contributed by atoms with E-state index < -0.39 is 35.0 Å². The topological polar surface area (TPSA) is 29.1 Å². The molecule has 1 aromatic carbocycles. The van der Waals surface area contributed by atoms with Crippen LogP contribution in [0.4, 0.5) is 26.3 Å². The Morgan fingerprint density at radius 2 is 1.50 bits per heavy atom. The fraction of sp³-hybridized carbons (Fsp3) is 0.611. The molecule has 0 unspecified atom stereocenters. The van der Waals surface area contributed by atoms with E-state index in [0.29, 0.717) is 30.9 Å². The highest BCUT2D eigenvalue weighted by Gasteiger charge is 2.38. The first-order valence-electron chi connectivity index (χ1n) is 8.28. The van der Waals surface area contributed by atoms with E-state index in [1.54, 1.807) is 0 Å². The second-order valence-electron chi connectivity index (χ2n) is 7.88. The van der Waals surface area contributed by atoms with Crippen molar-refractivity contribution in [2.24, 2.45) is 11.3 Å². The van der Waals surface area contributed by atoms with Crippen LogP contribution in [-0.4, -0.2) is 11.9 Å². The van der Waals surface area contributed by atoms with Crippen molar-refractivity contribution in [3.8, 4) is 0 Å². The Bertz CT molecular complexity index is 645. The Morgan fingerprint density at radius 1 is 1.00 bits per heavy atom. The summed E-state index contributed by atoms with van der Waals surface area (Å²) in [5.74, 6) is -0.618. The molecular formula is C18H21F6NO. The molecule has 146 valence electrons. The molecule has 8 heteroatoms. The molecule has 26 heavy (non-hydrogen) atoms. The van der Waals surface area contributed by atoms with Gasteiger partial charge in [0.25, 0.3) is 5.91 Å². The largest absolute Gasteiger partial charge is 0.416 e. The monoisotopic (exact) mass is 381 g/mol. The summed E-state index contributed by atoms with van der Waals surface area (Å²) in [6.07, 6.45) is -7.75. The van der Waals surface area contributed by atoms with Gasteiger partial charge in [0.2, 0.25) is 0 Å². The number of hydrogen-bond donors (Lipinski definition) is 1. The summed E-state index contributed by atoms with van der Waals surface area (Å²) >= 11 is 0. The standard InChI is InChI=1S/C18H21F6NO/c1-10-4-14(9-16(2,3)8-10)25-15(26)11-5-12(17(19,20)21)7-13(6-11)18(22,23)24/h5-7,10,14H,4,8-9H2,1-3H3,(H,25,26)/t10-,14+/m0/s1. The number of amides is 1. The SMILES string of the molecule is C[C@H]1C[C@@H](NC(=O)c2cc(C(F)(F)F)cc(C(F)(F)F)c2)CC(C)(C)C1. The molecule has 1 N–H and O–H groups in total. The van der Waals surface area contributed by atoms with Gasteiger partial charge in [-0.3, -0.25) is 4.79 Å². The molecule has 0 saturated heterocycles. The maximum absolute atomic E-state index is 12.9. The molecule has 1 amide bonds. The summed E-state index contributed by atoms with van der Waals surface area (Å²) in [4.78, 5) is 12.3. The zero-order chi connectivity index (χ0) is 19.9. The molecule has 1 saturated carbocycles. The van der Waals surface area contributed by atoms with Crippen LogP contribution in [0.5, 0.6) is 0 Å². The van der Waals surface area contributed by atoms with Crippen LogP contribution >= 0.6 is 0 Å². The van der Waals surface area contributed by atoms with Crippen LogP contribution in [0.1, 0.15) is 61.5 Å². The summed E-state index contributed by atoms with van der Waals surface area (Å²) in [6.45, 7) is 6.05. The van der Waals surface area contributed by atoms with E-state index in [4.69, 9.17) is 0 Å². The van der Waals surface area contributed by atoms with Gasteiger partial charge in [0.05, 0.1) is 11.1 Å². The highest BCUT2D eigenvalue weighted by atomic mass is 19.4. The van der Waals surface area contributed by atoms with Crippen LogP contribution in [0.15, 0.2) is 18.2 Å². The number of carbonyl (C=O) groups is 1. The Balaban J connectivity index is 2.30. The number of nitrogens with one attached hydrogen (secondary N) is 1. The quantitative estimate of drug-likeness (QED) is 0.657. The first kappa shape index (κ1) is 20.6. The molecule has 0 aromatic heterocycles. The first-order chi connectivity index (χ1) is 11.7. The van der Waals surface area contributed by atoms with Crippen LogP contribution in [0.3, 0.4) is 0 Å². The number of benzene rings is 1. The zero-order valence-electron chi connectivity index (χ0n) is 14.7. The Hall–Kier alpha value is -1.73. The van der Waals surface area contributed by atoms with Crippen LogP contribution in [-0.2, 0) is 12.4 Å². The lowest BCUT2D eigenvalue weighted by Crippen LogP contribution is -2.43.